The highest BCUT2D eigenvalue weighted by atomic mass is 14.2. The van der Waals surface area contributed by atoms with E-state index in [1.54, 1.807) is 0 Å². The molecular weight excluding hydrogens is 312 g/mol. The average molecular weight is 334 g/mol. The SMILES string of the molecule is C1=C(/C=C/c2ccccc2)C[C@H](c2ccccc2)C(c2ccccc2)=C1. The van der Waals surface area contributed by atoms with Crippen LogP contribution in [-0.4, -0.2) is 0 Å². The first-order chi connectivity index (χ1) is 12.9. The Kier molecular flexibility index (Phi) is 4.93. The Labute approximate surface area is 155 Å². The van der Waals surface area contributed by atoms with E-state index in [2.05, 4.69) is 115 Å². The van der Waals surface area contributed by atoms with Crippen LogP contribution in [0.1, 0.15) is 29.0 Å². The fourth-order valence-corrected chi connectivity index (χ4v) is 3.53. The molecule has 0 nitrogen and oxygen atoms in total. The molecule has 1 aliphatic rings. The van der Waals surface area contributed by atoms with Gasteiger partial charge in [0.05, 0.1) is 0 Å². The quantitative estimate of drug-likeness (QED) is 0.487. The standard InChI is InChI=1S/C26H22/c1-4-10-21(11-5-1)16-17-22-18-19-25(23-12-6-2-7-13-23)26(20-22)24-14-8-3-9-15-24/h1-19,26H,20H2/b17-16+/t26-/m1/s1. The molecule has 126 valence electrons. The highest BCUT2D eigenvalue weighted by molar-refractivity contribution is 5.75. The lowest BCUT2D eigenvalue weighted by Crippen LogP contribution is -2.06. The molecule has 26 heavy (non-hydrogen) atoms. The lowest BCUT2D eigenvalue weighted by molar-refractivity contribution is 0.848. The van der Waals surface area contributed by atoms with Crippen molar-refractivity contribution in [2.45, 2.75) is 12.3 Å². The molecule has 0 aromatic heterocycles. The monoisotopic (exact) mass is 334 g/mol. The van der Waals surface area contributed by atoms with E-state index in [9.17, 15) is 0 Å². The minimum absolute atomic E-state index is 0.388. The highest BCUT2D eigenvalue weighted by Gasteiger charge is 2.21. The third-order valence-corrected chi connectivity index (χ3v) is 4.89. The number of hydrogen-bond donors (Lipinski definition) is 0. The fourth-order valence-electron chi connectivity index (χ4n) is 3.53. The largest absolute Gasteiger partial charge is 0.0622 e. The van der Waals surface area contributed by atoms with E-state index in [-0.39, 0.29) is 0 Å². The van der Waals surface area contributed by atoms with Gasteiger partial charge < -0.3 is 0 Å². The van der Waals surface area contributed by atoms with E-state index in [0.29, 0.717) is 5.92 Å². The topological polar surface area (TPSA) is 0 Å². The molecular formula is C26H22. The number of hydrogen-bond acceptors (Lipinski definition) is 0. The lowest BCUT2D eigenvalue weighted by atomic mass is 9.79. The molecule has 0 radical (unpaired) electrons. The maximum Gasteiger partial charge on any atom is 0.0136 e. The third-order valence-electron chi connectivity index (χ3n) is 4.89. The lowest BCUT2D eigenvalue weighted by Gasteiger charge is -2.25. The van der Waals surface area contributed by atoms with Gasteiger partial charge in [0.15, 0.2) is 0 Å². The first-order valence-electron chi connectivity index (χ1n) is 9.14. The molecule has 0 N–H and O–H groups in total. The fraction of sp³-hybridized carbons (Fsp3) is 0.0769. The normalized spacial score (nSPS) is 17.0. The molecule has 4 rings (SSSR count). The van der Waals surface area contributed by atoms with Gasteiger partial charge in [-0.25, -0.2) is 0 Å². The Morgan fingerprint density at radius 3 is 1.92 bits per heavy atom. The van der Waals surface area contributed by atoms with E-state index >= 15 is 0 Å². The second-order valence-electron chi connectivity index (χ2n) is 6.64. The molecule has 0 heteroatoms. The summed E-state index contributed by atoms with van der Waals surface area (Å²) in [5, 5.41) is 0. The van der Waals surface area contributed by atoms with E-state index in [0.717, 1.165) is 6.42 Å². The van der Waals surface area contributed by atoms with Gasteiger partial charge in [-0.2, -0.15) is 0 Å². The van der Waals surface area contributed by atoms with Gasteiger partial charge in [0.25, 0.3) is 0 Å². The van der Waals surface area contributed by atoms with Crippen LogP contribution in [0.15, 0.2) is 115 Å². The first-order valence-corrected chi connectivity index (χ1v) is 9.14. The van der Waals surface area contributed by atoms with Crippen molar-refractivity contribution in [2.75, 3.05) is 0 Å². The van der Waals surface area contributed by atoms with Crippen molar-refractivity contribution in [1.82, 2.24) is 0 Å². The van der Waals surface area contributed by atoms with Crippen molar-refractivity contribution in [1.29, 1.82) is 0 Å². The van der Waals surface area contributed by atoms with Crippen LogP contribution in [0.3, 0.4) is 0 Å². The summed E-state index contributed by atoms with van der Waals surface area (Å²) in [6.45, 7) is 0. The minimum atomic E-state index is 0.388. The van der Waals surface area contributed by atoms with Crippen molar-refractivity contribution >= 4 is 11.6 Å². The molecule has 0 saturated heterocycles. The Morgan fingerprint density at radius 2 is 1.23 bits per heavy atom. The van der Waals surface area contributed by atoms with Gasteiger partial charge in [0.2, 0.25) is 0 Å². The minimum Gasteiger partial charge on any atom is -0.0622 e. The number of rotatable bonds is 4. The molecule has 1 aliphatic carbocycles. The Hall–Kier alpha value is -3.12. The predicted octanol–water partition coefficient (Wildman–Crippen LogP) is 6.90. The van der Waals surface area contributed by atoms with Crippen LogP contribution >= 0.6 is 0 Å². The van der Waals surface area contributed by atoms with Crippen molar-refractivity contribution in [3.8, 4) is 0 Å². The van der Waals surface area contributed by atoms with Crippen LogP contribution in [0.5, 0.6) is 0 Å². The second-order valence-corrected chi connectivity index (χ2v) is 6.64. The van der Waals surface area contributed by atoms with Gasteiger partial charge in [0.1, 0.15) is 0 Å². The summed E-state index contributed by atoms with van der Waals surface area (Å²) in [6.07, 6.45) is 10.0. The summed E-state index contributed by atoms with van der Waals surface area (Å²) in [4.78, 5) is 0. The molecule has 0 spiro atoms. The number of allylic oxidation sites excluding steroid dienone is 5. The smallest absolute Gasteiger partial charge is 0.0136 e. The van der Waals surface area contributed by atoms with Gasteiger partial charge >= 0.3 is 0 Å². The maximum atomic E-state index is 2.29. The molecule has 0 heterocycles. The van der Waals surface area contributed by atoms with Crippen LogP contribution < -0.4 is 0 Å². The average Bonchev–Trinajstić information content (AvgIpc) is 2.74. The summed E-state index contributed by atoms with van der Waals surface area (Å²) in [7, 11) is 0. The molecule has 0 fully saturated rings. The predicted molar refractivity (Wildman–Crippen MR) is 112 cm³/mol. The Morgan fingerprint density at radius 1 is 0.615 bits per heavy atom. The summed E-state index contributed by atoms with van der Waals surface area (Å²) in [5.41, 5.74) is 6.68. The van der Waals surface area contributed by atoms with Gasteiger partial charge in [-0.15, -0.1) is 0 Å². The summed E-state index contributed by atoms with van der Waals surface area (Å²) >= 11 is 0. The first kappa shape index (κ1) is 16.4. The van der Waals surface area contributed by atoms with Crippen LogP contribution in [0, 0.1) is 0 Å². The zero-order chi connectivity index (χ0) is 17.6. The van der Waals surface area contributed by atoms with Crippen molar-refractivity contribution in [3.05, 3.63) is 131 Å². The summed E-state index contributed by atoms with van der Waals surface area (Å²) in [6, 6.07) is 32.1. The van der Waals surface area contributed by atoms with Gasteiger partial charge in [-0.1, -0.05) is 115 Å². The molecule has 3 aromatic carbocycles. The molecule has 1 atom stereocenters. The maximum absolute atomic E-state index is 2.29. The molecule has 0 unspecified atom stereocenters. The van der Waals surface area contributed by atoms with E-state index in [1.165, 1.54) is 27.8 Å². The van der Waals surface area contributed by atoms with Gasteiger partial charge in [0, 0.05) is 5.92 Å². The molecule has 0 saturated carbocycles. The van der Waals surface area contributed by atoms with E-state index < -0.39 is 0 Å². The molecule has 0 aliphatic heterocycles. The van der Waals surface area contributed by atoms with Crippen LogP contribution in [0.4, 0.5) is 0 Å². The Bertz CT molecular complexity index is 929. The van der Waals surface area contributed by atoms with E-state index in [4.69, 9.17) is 0 Å². The van der Waals surface area contributed by atoms with Crippen molar-refractivity contribution in [3.63, 3.8) is 0 Å². The van der Waals surface area contributed by atoms with Crippen LogP contribution in [0.25, 0.3) is 11.6 Å². The van der Waals surface area contributed by atoms with Gasteiger partial charge in [-0.3, -0.25) is 0 Å². The van der Waals surface area contributed by atoms with Crippen LogP contribution in [-0.2, 0) is 0 Å². The molecule has 0 amide bonds. The van der Waals surface area contributed by atoms with Crippen molar-refractivity contribution in [2.24, 2.45) is 0 Å². The number of benzene rings is 3. The zero-order valence-electron chi connectivity index (χ0n) is 14.8. The highest BCUT2D eigenvalue weighted by Crippen LogP contribution is 2.40. The third kappa shape index (κ3) is 3.75. The molecule has 0 bridgehead atoms. The molecule has 3 aromatic rings. The summed E-state index contributed by atoms with van der Waals surface area (Å²) < 4.78 is 0. The van der Waals surface area contributed by atoms with Crippen LogP contribution in [0.2, 0.25) is 0 Å². The van der Waals surface area contributed by atoms with E-state index in [1.807, 2.05) is 0 Å². The van der Waals surface area contributed by atoms with Gasteiger partial charge in [-0.05, 0) is 34.3 Å². The van der Waals surface area contributed by atoms with Crippen molar-refractivity contribution < 1.29 is 0 Å². The summed E-state index contributed by atoms with van der Waals surface area (Å²) in [5.74, 6) is 0.388. The Balaban J connectivity index is 1.68. The second kappa shape index (κ2) is 7.84. The zero-order valence-corrected chi connectivity index (χ0v) is 14.8.